The lowest BCUT2D eigenvalue weighted by Gasteiger charge is -2.26. The third-order valence-corrected chi connectivity index (χ3v) is 3.58. The van der Waals surface area contributed by atoms with E-state index in [1.807, 2.05) is 32.0 Å². The first-order chi connectivity index (χ1) is 12.9. The zero-order valence-electron chi connectivity index (χ0n) is 15.0. The van der Waals surface area contributed by atoms with Gasteiger partial charge in [0.25, 0.3) is 5.91 Å². The molecule has 0 saturated heterocycles. The summed E-state index contributed by atoms with van der Waals surface area (Å²) in [5.74, 6) is -1.22. The predicted molar refractivity (Wildman–Crippen MR) is 98.6 cm³/mol. The molecule has 2 rings (SSSR count). The number of para-hydroxylation sites is 3. The first kappa shape index (κ1) is 19.9. The lowest BCUT2D eigenvalue weighted by Crippen LogP contribution is -2.40. The highest BCUT2D eigenvalue weighted by Crippen LogP contribution is 2.25. The molecule has 0 aliphatic heterocycles. The van der Waals surface area contributed by atoms with Crippen molar-refractivity contribution in [2.75, 3.05) is 18.1 Å². The molecule has 0 spiro atoms. The van der Waals surface area contributed by atoms with Crippen molar-refractivity contribution in [2.45, 2.75) is 19.9 Å². The van der Waals surface area contributed by atoms with Crippen LogP contribution >= 0.6 is 0 Å². The second-order valence-corrected chi connectivity index (χ2v) is 5.87. The molecule has 0 atom stereocenters. The predicted octanol–water partition coefficient (Wildman–Crippen LogP) is 2.96. The molecule has 1 amide bonds. The highest BCUT2D eigenvalue weighted by Gasteiger charge is 2.21. The van der Waals surface area contributed by atoms with Crippen LogP contribution in [-0.4, -0.2) is 36.1 Å². The Morgan fingerprint density at radius 1 is 1.04 bits per heavy atom. The minimum atomic E-state index is -0.793. The number of ether oxygens (including phenoxy) is 2. The van der Waals surface area contributed by atoms with Crippen LogP contribution in [-0.2, 0) is 14.3 Å². The summed E-state index contributed by atoms with van der Waals surface area (Å²) in [5.41, 5.74) is 0.446. The Balaban J connectivity index is 1.91. The molecule has 8 heteroatoms. The second kappa shape index (κ2) is 9.33. The van der Waals surface area contributed by atoms with Crippen molar-refractivity contribution in [2.24, 2.45) is 0 Å². The molecule has 2 aromatic carbocycles. The summed E-state index contributed by atoms with van der Waals surface area (Å²) in [4.78, 5) is 36.1. The van der Waals surface area contributed by atoms with Gasteiger partial charge in [-0.25, -0.2) is 4.79 Å². The fourth-order valence-corrected chi connectivity index (χ4v) is 2.44. The van der Waals surface area contributed by atoms with Gasteiger partial charge in [-0.3, -0.25) is 14.9 Å². The summed E-state index contributed by atoms with van der Waals surface area (Å²) in [6, 6.07) is 14.6. The summed E-state index contributed by atoms with van der Waals surface area (Å²) in [5, 5.41) is 10.9. The Labute approximate surface area is 156 Å². The van der Waals surface area contributed by atoms with E-state index in [1.54, 1.807) is 18.2 Å². The molecule has 2 aromatic rings. The maximum absolute atomic E-state index is 12.4. The minimum absolute atomic E-state index is 0.0427. The van der Waals surface area contributed by atoms with Gasteiger partial charge in [-0.15, -0.1) is 0 Å². The Hall–Kier alpha value is -3.42. The summed E-state index contributed by atoms with van der Waals surface area (Å²) < 4.78 is 10.1. The van der Waals surface area contributed by atoms with Crippen LogP contribution in [0.3, 0.4) is 0 Å². The van der Waals surface area contributed by atoms with E-state index in [-0.39, 0.29) is 23.4 Å². The average Bonchev–Trinajstić information content (AvgIpc) is 2.65. The molecular formula is C19H20N2O6. The van der Waals surface area contributed by atoms with Crippen molar-refractivity contribution >= 4 is 23.3 Å². The van der Waals surface area contributed by atoms with E-state index in [1.165, 1.54) is 23.1 Å². The normalized spacial score (nSPS) is 10.3. The lowest BCUT2D eigenvalue weighted by atomic mass is 10.2. The Bertz CT molecular complexity index is 807. The largest absolute Gasteiger partial charge is 0.475 e. The third-order valence-electron chi connectivity index (χ3n) is 3.58. The van der Waals surface area contributed by atoms with Gasteiger partial charge in [0.15, 0.2) is 19.0 Å². The number of anilines is 1. The molecule has 0 fully saturated rings. The topological polar surface area (TPSA) is 99.0 Å². The maximum Gasteiger partial charge on any atom is 0.344 e. The molecule has 0 aliphatic rings. The number of carbonyl (C=O) groups is 2. The van der Waals surface area contributed by atoms with Crippen LogP contribution in [0.4, 0.5) is 11.4 Å². The Kier molecular flexibility index (Phi) is 6.87. The number of carbonyl (C=O) groups excluding carboxylic acids is 2. The van der Waals surface area contributed by atoms with Crippen LogP contribution in [0.25, 0.3) is 0 Å². The third kappa shape index (κ3) is 5.53. The van der Waals surface area contributed by atoms with Crippen LogP contribution in [0.2, 0.25) is 0 Å². The molecule has 0 aromatic heterocycles. The lowest BCUT2D eigenvalue weighted by molar-refractivity contribution is -0.385. The van der Waals surface area contributed by atoms with Gasteiger partial charge in [0.2, 0.25) is 0 Å². The molecule has 142 valence electrons. The molecule has 0 radical (unpaired) electrons. The molecule has 8 nitrogen and oxygen atoms in total. The molecular weight excluding hydrogens is 352 g/mol. The second-order valence-electron chi connectivity index (χ2n) is 5.87. The molecule has 0 bridgehead atoms. The van der Waals surface area contributed by atoms with Crippen molar-refractivity contribution in [1.29, 1.82) is 0 Å². The number of nitrogens with zero attached hydrogens (tertiary/aromatic N) is 2. The summed E-state index contributed by atoms with van der Waals surface area (Å²) in [7, 11) is 0. The van der Waals surface area contributed by atoms with Crippen LogP contribution < -0.4 is 9.64 Å². The molecule has 0 unspecified atom stereocenters. The van der Waals surface area contributed by atoms with E-state index >= 15 is 0 Å². The summed E-state index contributed by atoms with van der Waals surface area (Å²) in [6.45, 7) is 2.71. The van der Waals surface area contributed by atoms with Crippen molar-refractivity contribution in [1.82, 2.24) is 0 Å². The number of rotatable bonds is 8. The van der Waals surface area contributed by atoms with E-state index in [9.17, 15) is 19.7 Å². The van der Waals surface area contributed by atoms with Gasteiger partial charge in [0.05, 0.1) is 4.92 Å². The van der Waals surface area contributed by atoms with Crippen molar-refractivity contribution in [3.05, 3.63) is 64.7 Å². The molecule has 0 heterocycles. The molecule has 0 aliphatic carbocycles. The van der Waals surface area contributed by atoms with Gasteiger partial charge in [0, 0.05) is 17.8 Å². The van der Waals surface area contributed by atoms with Crippen molar-refractivity contribution in [3.8, 4) is 5.75 Å². The molecule has 27 heavy (non-hydrogen) atoms. The first-order valence-electron chi connectivity index (χ1n) is 8.29. The fourth-order valence-electron chi connectivity index (χ4n) is 2.44. The van der Waals surface area contributed by atoms with E-state index in [2.05, 4.69) is 0 Å². The number of benzene rings is 2. The smallest absolute Gasteiger partial charge is 0.344 e. The van der Waals surface area contributed by atoms with Crippen molar-refractivity contribution < 1.29 is 24.0 Å². The zero-order chi connectivity index (χ0) is 19.8. The number of nitro groups is 1. The van der Waals surface area contributed by atoms with Gasteiger partial charge < -0.3 is 14.4 Å². The number of hydrogen-bond acceptors (Lipinski definition) is 6. The van der Waals surface area contributed by atoms with Crippen molar-refractivity contribution in [3.63, 3.8) is 0 Å². The van der Waals surface area contributed by atoms with E-state index in [0.29, 0.717) is 5.69 Å². The highest BCUT2D eigenvalue weighted by atomic mass is 16.6. The van der Waals surface area contributed by atoms with Crippen LogP contribution in [0.15, 0.2) is 54.6 Å². The van der Waals surface area contributed by atoms with Gasteiger partial charge in [-0.1, -0.05) is 30.3 Å². The van der Waals surface area contributed by atoms with Crippen LogP contribution in [0, 0.1) is 10.1 Å². The molecule has 0 N–H and O–H groups in total. The van der Waals surface area contributed by atoms with E-state index < -0.39 is 24.1 Å². The zero-order valence-corrected chi connectivity index (χ0v) is 15.0. The fraction of sp³-hybridized carbons (Fsp3) is 0.263. The van der Waals surface area contributed by atoms with Crippen LogP contribution in [0.5, 0.6) is 5.75 Å². The SMILES string of the molecule is CC(C)N(C(=O)COC(=O)COc1ccccc1[N+](=O)[O-])c1ccccc1. The standard InChI is InChI=1S/C19H20N2O6/c1-14(2)20(15-8-4-3-5-9-15)18(22)12-27-19(23)13-26-17-11-7-6-10-16(17)21(24)25/h3-11,14H,12-13H2,1-2H3. The van der Waals surface area contributed by atoms with Crippen LogP contribution in [0.1, 0.15) is 13.8 Å². The van der Waals surface area contributed by atoms with Gasteiger partial charge in [-0.05, 0) is 32.0 Å². The first-order valence-corrected chi connectivity index (χ1v) is 8.29. The number of nitro benzene ring substituents is 1. The number of esters is 1. The highest BCUT2D eigenvalue weighted by molar-refractivity contribution is 5.95. The minimum Gasteiger partial charge on any atom is -0.475 e. The molecule has 0 saturated carbocycles. The number of amides is 1. The monoisotopic (exact) mass is 372 g/mol. The quantitative estimate of drug-likeness (QED) is 0.401. The summed E-state index contributed by atoms with van der Waals surface area (Å²) in [6.07, 6.45) is 0. The van der Waals surface area contributed by atoms with Gasteiger partial charge >= 0.3 is 11.7 Å². The van der Waals surface area contributed by atoms with E-state index in [0.717, 1.165) is 0 Å². The maximum atomic E-state index is 12.4. The average molecular weight is 372 g/mol. The van der Waals surface area contributed by atoms with Gasteiger partial charge in [-0.2, -0.15) is 0 Å². The Morgan fingerprint density at radius 3 is 2.30 bits per heavy atom. The van der Waals surface area contributed by atoms with Gasteiger partial charge in [0.1, 0.15) is 0 Å². The van der Waals surface area contributed by atoms with E-state index in [4.69, 9.17) is 9.47 Å². The summed E-state index contributed by atoms with van der Waals surface area (Å²) >= 11 is 0. The number of hydrogen-bond donors (Lipinski definition) is 0. The Morgan fingerprint density at radius 2 is 1.67 bits per heavy atom.